The van der Waals surface area contributed by atoms with Crippen LogP contribution in [0.2, 0.25) is 0 Å². The van der Waals surface area contributed by atoms with Gasteiger partial charge in [-0.3, -0.25) is 4.90 Å². The highest BCUT2D eigenvalue weighted by molar-refractivity contribution is 5.46. The van der Waals surface area contributed by atoms with E-state index < -0.39 is 0 Å². The summed E-state index contributed by atoms with van der Waals surface area (Å²) in [5.74, 6) is 1.46. The standard InChI is InChI=1S/C21H22N2O/c22-15-18-4-1-2-7-21(18)24-20-9-8-16-10-12-23(19-5-3-6-19)13-11-17(16)14-20/h1-2,4,7-9,14,19H,3,5-6,10-13H2. The summed E-state index contributed by atoms with van der Waals surface area (Å²) >= 11 is 0. The summed E-state index contributed by atoms with van der Waals surface area (Å²) < 4.78 is 5.98. The molecule has 0 radical (unpaired) electrons. The first-order valence-electron chi connectivity index (χ1n) is 8.86. The van der Waals surface area contributed by atoms with Gasteiger partial charge in [-0.05, 0) is 61.1 Å². The van der Waals surface area contributed by atoms with E-state index in [0.717, 1.165) is 31.2 Å². The highest BCUT2D eigenvalue weighted by Crippen LogP contribution is 2.30. The topological polar surface area (TPSA) is 36.3 Å². The summed E-state index contributed by atoms with van der Waals surface area (Å²) in [7, 11) is 0. The Morgan fingerprint density at radius 3 is 2.54 bits per heavy atom. The lowest BCUT2D eigenvalue weighted by atomic mass is 9.91. The minimum absolute atomic E-state index is 0.573. The van der Waals surface area contributed by atoms with Gasteiger partial charge in [-0.1, -0.05) is 24.6 Å². The zero-order valence-electron chi connectivity index (χ0n) is 13.9. The van der Waals surface area contributed by atoms with Crippen LogP contribution in [0, 0.1) is 11.3 Å². The normalized spacial score (nSPS) is 18.1. The molecule has 1 saturated carbocycles. The van der Waals surface area contributed by atoms with Crippen LogP contribution in [0.5, 0.6) is 11.5 Å². The van der Waals surface area contributed by atoms with E-state index in [0.29, 0.717) is 11.3 Å². The maximum absolute atomic E-state index is 9.20. The largest absolute Gasteiger partial charge is 0.456 e. The van der Waals surface area contributed by atoms with E-state index in [2.05, 4.69) is 23.1 Å². The molecule has 1 heterocycles. The molecule has 2 aromatic rings. The van der Waals surface area contributed by atoms with E-state index in [1.807, 2.05) is 24.3 Å². The second-order valence-corrected chi connectivity index (χ2v) is 6.76. The van der Waals surface area contributed by atoms with Crippen LogP contribution >= 0.6 is 0 Å². The van der Waals surface area contributed by atoms with Gasteiger partial charge in [0.2, 0.25) is 0 Å². The van der Waals surface area contributed by atoms with Crippen molar-refractivity contribution in [1.29, 1.82) is 5.26 Å². The van der Waals surface area contributed by atoms with Gasteiger partial charge < -0.3 is 4.74 Å². The van der Waals surface area contributed by atoms with Crippen LogP contribution in [-0.4, -0.2) is 24.0 Å². The molecule has 1 aliphatic carbocycles. The van der Waals surface area contributed by atoms with Crippen LogP contribution in [0.1, 0.15) is 36.0 Å². The second kappa shape index (κ2) is 6.67. The van der Waals surface area contributed by atoms with Crippen LogP contribution in [0.15, 0.2) is 42.5 Å². The summed E-state index contributed by atoms with van der Waals surface area (Å²) in [6.07, 6.45) is 6.35. The lowest BCUT2D eigenvalue weighted by molar-refractivity contribution is 0.133. The number of hydrogen-bond donors (Lipinski definition) is 0. The predicted octanol–water partition coefficient (Wildman–Crippen LogP) is 4.30. The smallest absolute Gasteiger partial charge is 0.145 e. The number of para-hydroxylation sites is 1. The number of nitriles is 1. The van der Waals surface area contributed by atoms with E-state index in [9.17, 15) is 5.26 Å². The molecule has 0 amide bonds. The number of rotatable bonds is 3. The molecule has 2 aromatic carbocycles. The van der Waals surface area contributed by atoms with Gasteiger partial charge in [0.1, 0.15) is 17.6 Å². The van der Waals surface area contributed by atoms with Crippen LogP contribution in [0.25, 0.3) is 0 Å². The first-order valence-corrected chi connectivity index (χ1v) is 8.86. The third kappa shape index (κ3) is 3.02. The van der Waals surface area contributed by atoms with Gasteiger partial charge >= 0.3 is 0 Å². The first kappa shape index (κ1) is 15.2. The maximum Gasteiger partial charge on any atom is 0.145 e. The van der Waals surface area contributed by atoms with Crippen molar-refractivity contribution < 1.29 is 4.74 Å². The Morgan fingerprint density at radius 2 is 1.79 bits per heavy atom. The van der Waals surface area contributed by atoms with Gasteiger partial charge in [-0.2, -0.15) is 5.26 Å². The molecule has 3 nitrogen and oxygen atoms in total. The monoisotopic (exact) mass is 318 g/mol. The number of fused-ring (bicyclic) bond motifs is 1. The predicted molar refractivity (Wildman–Crippen MR) is 94.3 cm³/mol. The van der Waals surface area contributed by atoms with Gasteiger partial charge in [0.05, 0.1) is 5.56 Å². The van der Waals surface area contributed by atoms with Crippen molar-refractivity contribution in [2.45, 2.75) is 38.1 Å². The van der Waals surface area contributed by atoms with Crippen LogP contribution < -0.4 is 4.74 Å². The molecular weight excluding hydrogens is 296 g/mol. The highest BCUT2D eigenvalue weighted by Gasteiger charge is 2.26. The highest BCUT2D eigenvalue weighted by atomic mass is 16.5. The second-order valence-electron chi connectivity index (χ2n) is 6.76. The van der Waals surface area contributed by atoms with E-state index in [1.165, 1.54) is 36.9 Å². The zero-order valence-corrected chi connectivity index (χ0v) is 13.9. The van der Waals surface area contributed by atoms with E-state index in [-0.39, 0.29) is 0 Å². The lowest BCUT2D eigenvalue weighted by Gasteiger charge is -2.36. The minimum Gasteiger partial charge on any atom is -0.456 e. The summed E-state index contributed by atoms with van der Waals surface area (Å²) in [6, 6.07) is 16.8. The Hall–Kier alpha value is -2.31. The average Bonchev–Trinajstić information content (AvgIpc) is 2.77. The first-order chi connectivity index (χ1) is 11.8. The van der Waals surface area contributed by atoms with Gasteiger partial charge in [0, 0.05) is 19.1 Å². The SMILES string of the molecule is N#Cc1ccccc1Oc1ccc2c(c1)CCN(C1CCC1)CC2. The third-order valence-electron chi connectivity index (χ3n) is 5.34. The minimum atomic E-state index is 0.573. The molecular formula is C21H22N2O. The Labute approximate surface area is 143 Å². The van der Waals surface area contributed by atoms with Gasteiger partial charge in [0.25, 0.3) is 0 Å². The molecule has 122 valence electrons. The molecule has 0 unspecified atom stereocenters. The Kier molecular flexibility index (Phi) is 4.23. The fourth-order valence-electron chi connectivity index (χ4n) is 3.67. The van der Waals surface area contributed by atoms with Crippen molar-refractivity contribution in [3.05, 3.63) is 59.2 Å². The summed E-state index contributed by atoms with van der Waals surface area (Å²) in [5.41, 5.74) is 3.41. The van der Waals surface area contributed by atoms with Crippen molar-refractivity contribution in [2.24, 2.45) is 0 Å². The molecule has 0 spiro atoms. The van der Waals surface area contributed by atoms with Gasteiger partial charge in [-0.15, -0.1) is 0 Å². The molecule has 3 heteroatoms. The molecule has 0 atom stereocenters. The number of hydrogen-bond acceptors (Lipinski definition) is 3. The molecule has 0 bridgehead atoms. The lowest BCUT2D eigenvalue weighted by Crippen LogP contribution is -2.41. The van der Waals surface area contributed by atoms with E-state index >= 15 is 0 Å². The molecule has 0 saturated heterocycles. The van der Waals surface area contributed by atoms with Crippen molar-refractivity contribution in [1.82, 2.24) is 4.90 Å². The van der Waals surface area contributed by atoms with Crippen molar-refractivity contribution in [2.75, 3.05) is 13.1 Å². The number of ether oxygens (including phenoxy) is 1. The fraction of sp³-hybridized carbons (Fsp3) is 0.381. The van der Waals surface area contributed by atoms with E-state index in [4.69, 9.17) is 4.74 Å². The molecule has 24 heavy (non-hydrogen) atoms. The molecule has 1 aliphatic heterocycles. The van der Waals surface area contributed by atoms with Gasteiger partial charge in [-0.25, -0.2) is 0 Å². The fourth-order valence-corrected chi connectivity index (χ4v) is 3.67. The van der Waals surface area contributed by atoms with E-state index in [1.54, 1.807) is 6.07 Å². The summed E-state index contributed by atoms with van der Waals surface area (Å²) in [6.45, 7) is 2.32. The van der Waals surface area contributed by atoms with Crippen molar-refractivity contribution in [3.8, 4) is 17.6 Å². The van der Waals surface area contributed by atoms with Gasteiger partial charge in [0.15, 0.2) is 0 Å². The molecule has 1 fully saturated rings. The summed E-state index contributed by atoms with van der Waals surface area (Å²) in [4.78, 5) is 2.66. The van der Waals surface area contributed by atoms with Crippen molar-refractivity contribution in [3.63, 3.8) is 0 Å². The molecule has 2 aliphatic rings. The molecule has 4 rings (SSSR count). The number of benzene rings is 2. The Balaban J connectivity index is 1.52. The third-order valence-corrected chi connectivity index (χ3v) is 5.34. The quantitative estimate of drug-likeness (QED) is 0.846. The molecule has 0 N–H and O–H groups in total. The average molecular weight is 318 g/mol. The van der Waals surface area contributed by atoms with Crippen LogP contribution in [0.4, 0.5) is 0 Å². The summed E-state index contributed by atoms with van der Waals surface area (Å²) in [5, 5.41) is 9.20. The number of nitrogens with zero attached hydrogens (tertiary/aromatic N) is 2. The maximum atomic E-state index is 9.20. The van der Waals surface area contributed by atoms with Crippen molar-refractivity contribution >= 4 is 0 Å². The molecule has 0 aromatic heterocycles. The zero-order chi connectivity index (χ0) is 16.4. The Morgan fingerprint density at radius 1 is 1.00 bits per heavy atom. The van der Waals surface area contributed by atoms with Crippen LogP contribution in [0.3, 0.4) is 0 Å². The van der Waals surface area contributed by atoms with Crippen LogP contribution in [-0.2, 0) is 12.8 Å². The Bertz CT molecular complexity index is 774.